The van der Waals surface area contributed by atoms with Crippen molar-refractivity contribution >= 4 is 83.6 Å². The van der Waals surface area contributed by atoms with Crippen molar-refractivity contribution in [3.63, 3.8) is 0 Å². The first-order chi connectivity index (χ1) is 11.8. The largest absolute Gasteiger partial charge is 0.355 e. The van der Waals surface area contributed by atoms with Crippen LogP contribution in [-0.2, 0) is 0 Å². The molecule has 0 amide bonds. The van der Waals surface area contributed by atoms with E-state index in [1.54, 1.807) is 0 Å². The molecule has 2 aliphatic rings. The monoisotopic (exact) mass is 418 g/mol. The first kappa shape index (κ1) is 20.8. The van der Waals surface area contributed by atoms with Gasteiger partial charge >= 0.3 is 0 Å². The summed E-state index contributed by atoms with van der Waals surface area (Å²) in [6, 6.07) is 16.4. The molecule has 0 spiro atoms. The zero-order valence-corrected chi connectivity index (χ0v) is 16.5. The molecular formula is C20H17Cl3N4. The quantitative estimate of drug-likeness (QED) is 0.327. The Bertz CT molecular complexity index is 998. The van der Waals surface area contributed by atoms with E-state index in [2.05, 4.69) is 44.2 Å². The molecule has 0 fully saturated rings. The minimum Gasteiger partial charge on any atom is -0.355 e. The fraction of sp³-hybridized carbons (Fsp3) is 0. The first-order valence-corrected chi connectivity index (χ1v) is 7.85. The van der Waals surface area contributed by atoms with Crippen molar-refractivity contribution in [1.82, 2.24) is 19.9 Å². The predicted octanol–water partition coefficient (Wildman–Crippen LogP) is 5.92. The van der Waals surface area contributed by atoms with Crippen molar-refractivity contribution in [1.29, 1.82) is 0 Å². The van der Waals surface area contributed by atoms with Crippen LogP contribution in [0, 0.1) is 0 Å². The highest BCUT2D eigenvalue weighted by atomic mass is 35.5. The van der Waals surface area contributed by atoms with Crippen LogP contribution in [-0.4, -0.2) is 19.9 Å². The minimum atomic E-state index is 0. The third-order valence-corrected chi connectivity index (χ3v) is 4.04. The van der Waals surface area contributed by atoms with Crippen LogP contribution in [0.5, 0.6) is 0 Å². The standard InChI is InChI=1S/C20H14N4.3ClH/c1-2-14-10-16-5-6-18(23-16)12-20-8-7-19(24-20)11-17-4-3-15(22-17)9-13(1)21-14;;;/h1-12,21,24H;3*1H. The third-order valence-electron chi connectivity index (χ3n) is 4.04. The lowest BCUT2D eigenvalue weighted by Gasteiger charge is -1.85. The van der Waals surface area contributed by atoms with Crippen molar-refractivity contribution in [3.05, 3.63) is 71.3 Å². The lowest BCUT2D eigenvalue weighted by Crippen LogP contribution is -1.75. The smallest absolute Gasteiger partial charge is 0.0658 e. The minimum absolute atomic E-state index is 0. The number of nitrogens with one attached hydrogen (secondary N) is 2. The van der Waals surface area contributed by atoms with Gasteiger partial charge in [-0.25, -0.2) is 9.97 Å². The molecule has 0 aliphatic carbocycles. The summed E-state index contributed by atoms with van der Waals surface area (Å²) in [5.74, 6) is 0. The van der Waals surface area contributed by atoms with E-state index in [1.165, 1.54) is 0 Å². The Morgan fingerprint density at radius 1 is 0.444 bits per heavy atom. The highest BCUT2D eigenvalue weighted by Crippen LogP contribution is 2.16. The van der Waals surface area contributed by atoms with Crippen LogP contribution in [0.2, 0.25) is 0 Å². The number of fused-ring (bicyclic) bond motifs is 8. The maximum absolute atomic E-state index is 4.63. The summed E-state index contributed by atoms with van der Waals surface area (Å²) in [6.07, 6.45) is 8.09. The molecule has 8 bridgehead atoms. The summed E-state index contributed by atoms with van der Waals surface area (Å²) < 4.78 is 0. The summed E-state index contributed by atoms with van der Waals surface area (Å²) in [7, 11) is 0. The fourth-order valence-electron chi connectivity index (χ4n) is 2.94. The summed E-state index contributed by atoms with van der Waals surface area (Å²) in [5, 5.41) is 0. The Morgan fingerprint density at radius 3 is 0.963 bits per heavy atom. The number of aromatic nitrogens is 4. The average molecular weight is 420 g/mol. The topological polar surface area (TPSA) is 57.4 Å². The van der Waals surface area contributed by atoms with Crippen LogP contribution in [0.4, 0.5) is 0 Å². The zero-order valence-electron chi connectivity index (χ0n) is 14.0. The highest BCUT2D eigenvalue weighted by molar-refractivity contribution is 5.86. The van der Waals surface area contributed by atoms with Gasteiger partial charge in [0.25, 0.3) is 0 Å². The van der Waals surface area contributed by atoms with Gasteiger partial charge < -0.3 is 9.97 Å². The van der Waals surface area contributed by atoms with E-state index in [1.807, 2.05) is 48.6 Å². The summed E-state index contributed by atoms with van der Waals surface area (Å²) in [5.41, 5.74) is 7.86. The molecule has 0 unspecified atom stereocenters. The molecule has 0 radical (unpaired) electrons. The number of hydrogen-bond donors (Lipinski definition) is 2. The molecule has 2 N–H and O–H groups in total. The zero-order chi connectivity index (χ0) is 15.9. The van der Waals surface area contributed by atoms with E-state index >= 15 is 0 Å². The van der Waals surface area contributed by atoms with E-state index in [4.69, 9.17) is 0 Å². The second-order valence-electron chi connectivity index (χ2n) is 5.91. The molecule has 7 heteroatoms. The molecule has 5 rings (SSSR count). The van der Waals surface area contributed by atoms with E-state index in [0.717, 1.165) is 44.8 Å². The number of halogens is 3. The van der Waals surface area contributed by atoms with Crippen molar-refractivity contribution in [2.24, 2.45) is 0 Å². The van der Waals surface area contributed by atoms with Gasteiger partial charge in [0.15, 0.2) is 0 Å². The van der Waals surface area contributed by atoms with Gasteiger partial charge in [-0.3, -0.25) is 0 Å². The molecule has 0 saturated carbocycles. The van der Waals surface area contributed by atoms with Crippen molar-refractivity contribution < 1.29 is 0 Å². The van der Waals surface area contributed by atoms with Gasteiger partial charge in [-0.2, -0.15) is 0 Å². The number of rotatable bonds is 0. The molecular weight excluding hydrogens is 403 g/mol. The molecule has 0 atom stereocenters. The number of hydrogen-bond acceptors (Lipinski definition) is 2. The van der Waals surface area contributed by atoms with Crippen LogP contribution in [0.3, 0.4) is 0 Å². The van der Waals surface area contributed by atoms with Crippen LogP contribution in [0.1, 0.15) is 22.8 Å². The van der Waals surface area contributed by atoms with E-state index in [9.17, 15) is 0 Å². The Labute approximate surface area is 174 Å². The van der Waals surface area contributed by atoms with Gasteiger partial charge in [0.1, 0.15) is 0 Å². The second-order valence-corrected chi connectivity index (χ2v) is 5.91. The maximum atomic E-state index is 4.63. The second kappa shape index (κ2) is 8.44. The molecule has 4 nitrogen and oxygen atoms in total. The summed E-state index contributed by atoms with van der Waals surface area (Å²) in [6.45, 7) is 0. The van der Waals surface area contributed by atoms with Crippen molar-refractivity contribution in [3.8, 4) is 0 Å². The van der Waals surface area contributed by atoms with Gasteiger partial charge in [0, 0.05) is 22.1 Å². The van der Waals surface area contributed by atoms with Gasteiger partial charge in [0.05, 0.1) is 22.8 Å². The van der Waals surface area contributed by atoms with Crippen LogP contribution < -0.4 is 0 Å². The molecule has 3 aromatic rings. The predicted molar refractivity (Wildman–Crippen MR) is 121 cm³/mol. The number of H-pyrrole nitrogens is 2. The molecule has 0 aromatic carbocycles. The number of nitrogens with zero attached hydrogens (tertiary/aromatic N) is 2. The van der Waals surface area contributed by atoms with Crippen LogP contribution in [0.25, 0.3) is 46.4 Å². The van der Waals surface area contributed by atoms with Gasteiger partial charge in [-0.05, 0) is 72.8 Å². The summed E-state index contributed by atoms with van der Waals surface area (Å²) >= 11 is 0. The van der Waals surface area contributed by atoms with Crippen molar-refractivity contribution in [2.45, 2.75) is 0 Å². The fourth-order valence-corrected chi connectivity index (χ4v) is 2.94. The Balaban J connectivity index is 0.000000871. The number of aromatic amines is 2. The first-order valence-electron chi connectivity index (χ1n) is 7.85. The van der Waals surface area contributed by atoms with Gasteiger partial charge in [-0.15, -0.1) is 37.2 Å². The average Bonchev–Trinajstić information content (AvgIpc) is 3.32. The maximum Gasteiger partial charge on any atom is 0.0658 e. The van der Waals surface area contributed by atoms with Crippen molar-refractivity contribution in [2.75, 3.05) is 0 Å². The summed E-state index contributed by atoms with van der Waals surface area (Å²) in [4.78, 5) is 16.0. The lowest BCUT2D eigenvalue weighted by atomic mass is 10.3. The third kappa shape index (κ3) is 4.42. The Hall–Kier alpha value is -2.53. The van der Waals surface area contributed by atoms with Crippen LogP contribution >= 0.6 is 37.2 Å². The lowest BCUT2D eigenvalue weighted by molar-refractivity contribution is 1.31. The molecule has 5 heterocycles. The normalized spacial score (nSPS) is 11.3. The Kier molecular flexibility index (Phi) is 6.50. The van der Waals surface area contributed by atoms with E-state index in [0.29, 0.717) is 0 Å². The molecule has 27 heavy (non-hydrogen) atoms. The molecule has 2 aliphatic heterocycles. The SMILES string of the molecule is C1=Cc2cc3ccc(cc4nc(cc5ccc(cc1n2)[nH]5)C=C4)[nH]3.Cl.Cl.Cl. The molecule has 0 saturated heterocycles. The van der Waals surface area contributed by atoms with Gasteiger partial charge in [-0.1, -0.05) is 0 Å². The van der Waals surface area contributed by atoms with E-state index < -0.39 is 0 Å². The molecule has 3 aromatic heterocycles. The van der Waals surface area contributed by atoms with Gasteiger partial charge in [0.2, 0.25) is 0 Å². The Morgan fingerprint density at radius 2 is 0.704 bits per heavy atom. The highest BCUT2D eigenvalue weighted by Gasteiger charge is 2.00. The van der Waals surface area contributed by atoms with E-state index in [-0.39, 0.29) is 37.2 Å². The van der Waals surface area contributed by atoms with Crippen LogP contribution in [0.15, 0.2) is 48.5 Å². The molecule has 138 valence electrons.